The summed E-state index contributed by atoms with van der Waals surface area (Å²) in [5.41, 5.74) is 4.34. The number of amides is 3. The van der Waals surface area contributed by atoms with E-state index in [2.05, 4.69) is 10.6 Å². The number of rotatable bonds is 5. The zero-order chi connectivity index (χ0) is 20.4. The van der Waals surface area contributed by atoms with Crippen molar-refractivity contribution >= 4 is 29.1 Å². The molecule has 0 bridgehead atoms. The lowest BCUT2D eigenvalue weighted by Crippen LogP contribution is -2.40. The van der Waals surface area contributed by atoms with E-state index < -0.39 is 17.9 Å². The Kier molecular flexibility index (Phi) is 5.31. The van der Waals surface area contributed by atoms with Crippen LogP contribution in [0.5, 0.6) is 0 Å². The molecule has 2 aliphatic heterocycles. The van der Waals surface area contributed by atoms with Crippen LogP contribution in [0.1, 0.15) is 23.1 Å². The molecule has 1 unspecified atom stereocenters. The van der Waals surface area contributed by atoms with Gasteiger partial charge in [0.25, 0.3) is 0 Å². The molecule has 2 aromatic rings. The van der Waals surface area contributed by atoms with Crippen molar-refractivity contribution in [2.75, 3.05) is 23.3 Å². The fourth-order valence-corrected chi connectivity index (χ4v) is 3.99. The molecule has 7 nitrogen and oxygen atoms in total. The van der Waals surface area contributed by atoms with Crippen LogP contribution in [0.25, 0.3) is 0 Å². The summed E-state index contributed by atoms with van der Waals surface area (Å²) in [5.74, 6) is -1.51. The first-order valence-electron chi connectivity index (χ1n) is 9.78. The third-order valence-electron chi connectivity index (χ3n) is 5.28. The van der Waals surface area contributed by atoms with Gasteiger partial charge in [0.05, 0.1) is 18.2 Å². The van der Waals surface area contributed by atoms with Crippen molar-refractivity contribution in [2.45, 2.75) is 31.8 Å². The highest BCUT2D eigenvalue weighted by atomic mass is 16.3. The molecule has 0 radical (unpaired) electrons. The molecule has 0 spiro atoms. The molecule has 0 fully saturated rings. The van der Waals surface area contributed by atoms with E-state index in [1.54, 1.807) is 11.0 Å². The normalized spacial score (nSPS) is 15.6. The Hall–Kier alpha value is -3.19. The summed E-state index contributed by atoms with van der Waals surface area (Å²) in [5, 5.41) is 15.1. The van der Waals surface area contributed by atoms with Crippen LogP contribution >= 0.6 is 0 Å². The third-order valence-corrected chi connectivity index (χ3v) is 5.28. The standard InChI is InChI=1S/C22H23N3O4/c26-18(9-14-5-2-1-3-6-14)13-23-21(28)22(29)24-17-10-15-7-4-8-25-19(27)12-16(11-17)20(15)25/h1-3,5-6,10-11,18,26H,4,7-9,12-13H2,(H,23,28)(H,24,29). The summed E-state index contributed by atoms with van der Waals surface area (Å²) < 4.78 is 0. The highest BCUT2D eigenvalue weighted by Crippen LogP contribution is 2.38. The number of aliphatic hydroxyl groups is 1. The molecule has 4 rings (SSSR count). The molecule has 0 saturated carbocycles. The molecule has 2 heterocycles. The number of benzene rings is 2. The average molecular weight is 393 g/mol. The number of hydrogen-bond acceptors (Lipinski definition) is 4. The lowest BCUT2D eigenvalue weighted by molar-refractivity contribution is -0.136. The first kappa shape index (κ1) is 19.1. The summed E-state index contributed by atoms with van der Waals surface area (Å²) in [6.45, 7) is 0.721. The molecule has 7 heteroatoms. The molecule has 0 saturated heterocycles. The quantitative estimate of drug-likeness (QED) is 0.665. The second-order valence-electron chi connectivity index (χ2n) is 7.48. The summed E-state index contributed by atoms with van der Waals surface area (Å²) in [6, 6.07) is 13.0. The molecule has 2 aromatic carbocycles. The summed E-state index contributed by atoms with van der Waals surface area (Å²) in [7, 11) is 0. The number of carbonyl (C=O) groups is 3. The van der Waals surface area contributed by atoms with Crippen molar-refractivity contribution in [1.29, 1.82) is 0 Å². The molecule has 29 heavy (non-hydrogen) atoms. The van der Waals surface area contributed by atoms with Crippen LogP contribution in [0, 0.1) is 0 Å². The molecule has 3 N–H and O–H groups in total. The van der Waals surface area contributed by atoms with Gasteiger partial charge in [-0.25, -0.2) is 0 Å². The van der Waals surface area contributed by atoms with Crippen molar-refractivity contribution in [3.8, 4) is 0 Å². The van der Waals surface area contributed by atoms with Crippen molar-refractivity contribution < 1.29 is 19.5 Å². The van der Waals surface area contributed by atoms with Gasteiger partial charge < -0.3 is 20.6 Å². The van der Waals surface area contributed by atoms with Gasteiger partial charge in [-0.3, -0.25) is 14.4 Å². The smallest absolute Gasteiger partial charge is 0.313 e. The maximum atomic E-state index is 12.2. The van der Waals surface area contributed by atoms with Gasteiger partial charge in [-0.05, 0) is 41.7 Å². The van der Waals surface area contributed by atoms with Gasteiger partial charge in [-0.2, -0.15) is 0 Å². The molecule has 0 aromatic heterocycles. The minimum Gasteiger partial charge on any atom is -0.391 e. The van der Waals surface area contributed by atoms with Gasteiger partial charge in [0.1, 0.15) is 0 Å². The second kappa shape index (κ2) is 8.05. The van der Waals surface area contributed by atoms with Crippen LogP contribution < -0.4 is 15.5 Å². The topological polar surface area (TPSA) is 98.7 Å². The summed E-state index contributed by atoms with van der Waals surface area (Å²) >= 11 is 0. The molecule has 1 atom stereocenters. The van der Waals surface area contributed by atoms with Gasteiger partial charge in [0, 0.05) is 25.2 Å². The highest BCUT2D eigenvalue weighted by molar-refractivity contribution is 6.39. The lowest BCUT2D eigenvalue weighted by Gasteiger charge is -2.26. The Morgan fingerprint density at radius 2 is 1.86 bits per heavy atom. The van der Waals surface area contributed by atoms with E-state index in [0.29, 0.717) is 18.5 Å². The maximum absolute atomic E-state index is 12.2. The van der Waals surface area contributed by atoms with Crippen molar-refractivity contribution in [3.63, 3.8) is 0 Å². The second-order valence-corrected chi connectivity index (χ2v) is 7.48. The van der Waals surface area contributed by atoms with Gasteiger partial charge >= 0.3 is 11.8 Å². The van der Waals surface area contributed by atoms with E-state index >= 15 is 0 Å². The SMILES string of the molecule is O=C(NCC(O)Cc1ccccc1)C(=O)Nc1cc2c3c(c1)CC(=O)N3CCC2. The molecular weight excluding hydrogens is 370 g/mol. The summed E-state index contributed by atoms with van der Waals surface area (Å²) in [4.78, 5) is 38.3. The predicted molar refractivity (Wildman–Crippen MR) is 109 cm³/mol. The average Bonchev–Trinajstić information content (AvgIpc) is 3.03. The fraction of sp³-hybridized carbons (Fsp3) is 0.318. The number of anilines is 2. The number of aryl methyl sites for hydroxylation is 1. The lowest BCUT2D eigenvalue weighted by atomic mass is 9.99. The van der Waals surface area contributed by atoms with Crippen LogP contribution in [-0.2, 0) is 33.6 Å². The fourth-order valence-electron chi connectivity index (χ4n) is 3.99. The Morgan fingerprint density at radius 1 is 1.10 bits per heavy atom. The molecule has 2 aliphatic rings. The summed E-state index contributed by atoms with van der Waals surface area (Å²) in [6.07, 6.45) is 1.66. The Balaban J connectivity index is 1.34. The minimum absolute atomic E-state index is 0.0138. The number of hydrogen-bond donors (Lipinski definition) is 3. The molecule has 150 valence electrons. The van der Waals surface area contributed by atoms with Crippen LogP contribution in [0.3, 0.4) is 0 Å². The minimum atomic E-state index is -0.802. The molecule has 3 amide bonds. The van der Waals surface area contributed by atoms with Crippen molar-refractivity contribution in [1.82, 2.24) is 5.32 Å². The predicted octanol–water partition coefficient (Wildman–Crippen LogP) is 1.18. The molecular formula is C22H23N3O4. The Labute approximate surface area is 168 Å². The van der Waals surface area contributed by atoms with E-state index in [0.717, 1.165) is 41.8 Å². The van der Waals surface area contributed by atoms with Crippen LogP contribution in [0.2, 0.25) is 0 Å². The molecule has 0 aliphatic carbocycles. The van der Waals surface area contributed by atoms with Crippen molar-refractivity contribution in [3.05, 3.63) is 59.2 Å². The first-order chi connectivity index (χ1) is 14.0. The number of nitrogens with zero attached hydrogens (tertiary/aromatic N) is 1. The van der Waals surface area contributed by atoms with Gasteiger partial charge in [-0.1, -0.05) is 30.3 Å². The van der Waals surface area contributed by atoms with Crippen molar-refractivity contribution in [2.24, 2.45) is 0 Å². The van der Waals surface area contributed by atoms with Gasteiger partial charge in [0.15, 0.2) is 0 Å². The van der Waals surface area contributed by atoms with E-state index in [1.807, 2.05) is 36.4 Å². The van der Waals surface area contributed by atoms with Gasteiger partial charge in [-0.15, -0.1) is 0 Å². The Bertz CT molecular complexity index is 958. The van der Waals surface area contributed by atoms with E-state index in [4.69, 9.17) is 0 Å². The maximum Gasteiger partial charge on any atom is 0.313 e. The van der Waals surface area contributed by atoms with E-state index in [1.165, 1.54) is 0 Å². The van der Waals surface area contributed by atoms with Crippen LogP contribution in [0.4, 0.5) is 11.4 Å². The monoisotopic (exact) mass is 393 g/mol. The Morgan fingerprint density at radius 3 is 2.66 bits per heavy atom. The van der Waals surface area contributed by atoms with E-state index in [9.17, 15) is 19.5 Å². The number of nitrogens with one attached hydrogen (secondary N) is 2. The first-order valence-corrected chi connectivity index (χ1v) is 9.78. The van der Waals surface area contributed by atoms with Gasteiger partial charge in [0.2, 0.25) is 5.91 Å². The van der Waals surface area contributed by atoms with Crippen LogP contribution in [-0.4, -0.2) is 42.0 Å². The third kappa shape index (κ3) is 4.14. The highest BCUT2D eigenvalue weighted by Gasteiger charge is 2.32. The zero-order valence-corrected chi connectivity index (χ0v) is 16.0. The largest absolute Gasteiger partial charge is 0.391 e. The zero-order valence-electron chi connectivity index (χ0n) is 16.0. The number of carbonyl (C=O) groups excluding carboxylic acids is 3. The van der Waals surface area contributed by atoms with E-state index in [-0.39, 0.29) is 12.5 Å². The van der Waals surface area contributed by atoms with Crippen LogP contribution in [0.15, 0.2) is 42.5 Å². The number of aliphatic hydroxyl groups excluding tert-OH is 1.